The Labute approximate surface area is 211 Å². The van der Waals surface area contributed by atoms with E-state index in [0.29, 0.717) is 12.8 Å². The molecule has 4 amide bonds. The molecule has 1 aromatic carbocycles. The molecule has 5 unspecified atom stereocenters. The second-order valence-corrected chi connectivity index (χ2v) is 9.43. The van der Waals surface area contributed by atoms with Crippen LogP contribution in [0.15, 0.2) is 30.3 Å². The molecule has 0 aliphatic carbocycles. The Hall–Kier alpha value is -3.47. The van der Waals surface area contributed by atoms with E-state index < -0.39 is 60.2 Å². The Kier molecular flexibility index (Phi) is 12.6. The first-order valence-electron chi connectivity index (χ1n) is 12.1. The molecule has 36 heavy (non-hydrogen) atoms. The van der Waals surface area contributed by atoms with E-state index in [1.54, 1.807) is 6.92 Å². The fourth-order valence-corrected chi connectivity index (χ4v) is 3.56. The summed E-state index contributed by atoms with van der Waals surface area (Å²) in [5.41, 5.74) is 12.0. The van der Waals surface area contributed by atoms with Gasteiger partial charge in [0.15, 0.2) is 0 Å². The summed E-state index contributed by atoms with van der Waals surface area (Å²) in [6.45, 7) is 7.30. The highest BCUT2D eigenvalue weighted by Crippen LogP contribution is 2.12. The van der Waals surface area contributed by atoms with Crippen molar-refractivity contribution in [2.45, 2.75) is 77.5 Å². The van der Waals surface area contributed by atoms with E-state index >= 15 is 0 Å². The second-order valence-electron chi connectivity index (χ2n) is 9.43. The number of carboxylic acids is 1. The van der Waals surface area contributed by atoms with Crippen LogP contribution in [0.3, 0.4) is 0 Å². The highest BCUT2D eigenvalue weighted by atomic mass is 16.4. The molecule has 11 nitrogen and oxygen atoms in total. The smallest absolute Gasteiger partial charge is 0.326 e. The first-order chi connectivity index (χ1) is 16.8. The molecular formula is C25H39N5O6. The van der Waals surface area contributed by atoms with Crippen molar-refractivity contribution in [3.63, 3.8) is 0 Å². The van der Waals surface area contributed by atoms with Crippen molar-refractivity contribution >= 4 is 29.6 Å². The minimum atomic E-state index is -1.53. The number of nitrogens with one attached hydrogen (secondary N) is 3. The van der Waals surface area contributed by atoms with Gasteiger partial charge in [0.05, 0.1) is 12.5 Å². The van der Waals surface area contributed by atoms with Gasteiger partial charge >= 0.3 is 5.97 Å². The van der Waals surface area contributed by atoms with E-state index in [2.05, 4.69) is 16.0 Å². The van der Waals surface area contributed by atoms with Crippen molar-refractivity contribution in [2.75, 3.05) is 0 Å². The van der Waals surface area contributed by atoms with Crippen molar-refractivity contribution in [1.29, 1.82) is 0 Å². The van der Waals surface area contributed by atoms with E-state index in [0.717, 1.165) is 5.56 Å². The van der Waals surface area contributed by atoms with Crippen LogP contribution in [0.2, 0.25) is 0 Å². The van der Waals surface area contributed by atoms with E-state index in [1.807, 2.05) is 51.1 Å². The molecule has 1 rings (SSSR count). The number of primary amides is 1. The molecule has 0 radical (unpaired) electrons. The Bertz CT molecular complexity index is 907. The van der Waals surface area contributed by atoms with Crippen LogP contribution in [0.5, 0.6) is 0 Å². The lowest BCUT2D eigenvalue weighted by Gasteiger charge is -2.28. The van der Waals surface area contributed by atoms with Crippen LogP contribution in [0.1, 0.15) is 52.5 Å². The van der Waals surface area contributed by atoms with Crippen LogP contribution in [-0.4, -0.2) is 58.9 Å². The van der Waals surface area contributed by atoms with E-state index in [-0.39, 0.29) is 18.3 Å². The van der Waals surface area contributed by atoms with Gasteiger partial charge in [-0.25, -0.2) is 4.79 Å². The second kappa shape index (κ2) is 14.8. The Morgan fingerprint density at radius 1 is 0.889 bits per heavy atom. The fraction of sp³-hybridized carbons (Fsp3) is 0.560. The van der Waals surface area contributed by atoms with Crippen LogP contribution in [0.4, 0.5) is 0 Å². The molecule has 11 heteroatoms. The number of amides is 4. The minimum absolute atomic E-state index is 0.0363. The van der Waals surface area contributed by atoms with Gasteiger partial charge in [-0.3, -0.25) is 19.2 Å². The maximum absolute atomic E-state index is 13.2. The van der Waals surface area contributed by atoms with Crippen LogP contribution in [0.25, 0.3) is 0 Å². The van der Waals surface area contributed by atoms with Gasteiger partial charge in [-0.1, -0.05) is 64.4 Å². The number of carboxylic acid groups (broad SMARTS) is 1. The summed E-state index contributed by atoms with van der Waals surface area (Å²) in [6, 6.07) is 4.78. The number of hydrogen-bond donors (Lipinski definition) is 6. The molecule has 0 heterocycles. The number of nitrogens with two attached hydrogens (primary N) is 2. The van der Waals surface area contributed by atoms with Gasteiger partial charge in [0, 0.05) is 0 Å². The third-order valence-electron chi connectivity index (χ3n) is 5.79. The number of hydrogen-bond acceptors (Lipinski definition) is 6. The van der Waals surface area contributed by atoms with E-state index in [4.69, 9.17) is 11.5 Å². The lowest BCUT2D eigenvalue weighted by Crippen LogP contribution is -2.59. The van der Waals surface area contributed by atoms with Crippen LogP contribution in [-0.2, 0) is 30.4 Å². The molecule has 0 fully saturated rings. The standard InChI is InChI=1S/C25H39N5O6/c1-5-15(4)21(24(34)29-19(25(35)36)13-20(27)31)30-23(33)18(11-14(2)3)28-22(32)17(26)12-16-9-7-6-8-10-16/h6-10,14-15,17-19,21H,5,11-13,26H2,1-4H3,(H2,27,31)(H,28,32)(H,29,34)(H,30,33)(H,35,36). The van der Waals surface area contributed by atoms with Crippen molar-refractivity contribution < 1.29 is 29.1 Å². The van der Waals surface area contributed by atoms with Gasteiger partial charge in [0.25, 0.3) is 0 Å². The normalized spacial score (nSPS) is 15.2. The Morgan fingerprint density at radius 2 is 1.47 bits per heavy atom. The van der Waals surface area contributed by atoms with Crippen LogP contribution < -0.4 is 27.4 Å². The summed E-state index contributed by atoms with van der Waals surface area (Å²) in [4.78, 5) is 61.5. The largest absolute Gasteiger partial charge is 0.480 e. The zero-order chi connectivity index (χ0) is 27.4. The third kappa shape index (κ3) is 10.4. The van der Waals surface area contributed by atoms with Crippen LogP contribution >= 0.6 is 0 Å². The molecule has 1 aromatic rings. The predicted octanol–water partition coefficient (Wildman–Crippen LogP) is 0.0630. The highest BCUT2D eigenvalue weighted by molar-refractivity contribution is 5.95. The third-order valence-corrected chi connectivity index (χ3v) is 5.79. The van der Waals surface area contributed by atoms with Gasteiger partial charge in [-0.05, 0) is 30.2 Å². The topological polar surface area (TPSA) is 194 Å². The maximum Gasteiger partial charge on any atom is 0.326 e. The molecule has 0 aromatic heterocycles. The maximum atomic E-state index is 13.2. The van der Waals surface area contributed by atoms with E-state index in [9.17, 15) is 29.1 Å². The summed E-state index contributed by atoms with van der Waals surface area (Å²) < 4.78 is 0. The van der Waals surface area contributed by atoms with E-state index in [1.165, 1.54) is 0 Å². The molecule has 8 N–H and O–H groups in total. The summed E-state index contributed by atoms with van der Waals surface area (Å²) in [6.07, 6.45) is 0.490. The lowest BCUT2D eigenvalue weighted by molar-refractivity contribution is -0.144. The number of carbonyl (C=O) groups excluding carboxylic acids is 4. The average molecular weight is 506 g/mol. The molecule has 5 atom stereocenters. The zero-order valence-corrected chi connectivity index (χ0v) is 21.3. The number of benzene rings is 1. The van der Waals surface area contributed by atoms with Gasteiger partial charge < -0.3 is 32.5 Å². The lowest BCUT2D eigenvalue weighted by atomic mass is 9.96. The molecule has 0 aliphatic rings. The quantitative estimate of drug-likeness (QED) is 0.194. The zero-order valence-electron chi connectivity index (χ0n) is 21.3. The number of carbonyl (C=O) groups is 5. The monoisotopic (exact) mass is 505 g/mol. The van der Waals surface area contributed by atoms with Gasteiger partial charge in [-0.2, -0.15) is 0 Å². The average Bonchev–Trinajstić information content (AvgIpc) is 2.80. The summed E-state index contributed by atoms with van der Waals surface area (Å²) in [5, 5.41) is 16.9. The van der Waals surface area contributed by atoms with Crippen LogP contribution in [0, 0.1) is 11.8 Å². The Morgan fingerprint density at radius 3 is 1.97 bits per heavy atom. The molecule has 0 bridgehead atoms. The van der Waals surface area contributed by atoms with Crippen molar-refractivity contribution in [3.8, 4) is 0 Å². The predicted molar refractivity (Wildman–Crippen MR) is 134 cm³/mol. The van der Waals surface area contributed by atoms with Gasteiger partial charge in [0.2, 0.25) is 23.6 Å². The summed E-state index contributed by atoms with van der Waals surface area (Å²) >= 11 is 0. The Balaban J connectivity index is 2.99. The summed E-state index contributed by atoms with van der Waals surface area (Å²) in [7, 11) is 0. The molecular weight excluding hydrogens is 466 g/mol. The fourth-order valence-electron chi connectivity index (χ4n) is 3.56. The number of rotatable bonds is 15. The summed E-state index contributed by atoms with van der Waals surface area (Å²) in [5.74, 6) is -4.50. The molecule has 200 valence electrons. The van der Waals surface area contributed by atoms with Crippen molar-refractivity contribution in [3.05, 3.63) is 35.9 Å². The minimum Gasteiger partial charge on any atom is -0.480 e. The van der Waals surface area contributed by atoms with Crippen molar-refractivity contribution in [2.24, 2.45) is 23.3 Å². The molecule has 0 aliphatic heterocycles. The number of aliphatic carboxylic acids is 1. The molecule has 0 saturated heterocycles. The first kappa shape index (κ1) is 30.6. The first-order valence-corrected chi connectivity index (χ1v) is 12.1. The van der Waals surface area contributed by atoms with Crippen molar-refractivity contribution in [1.82, 2.24) is 16.0 Å². The SMILES string of the molecule is CCC(C)C(NC(=O)C(CC(C)C)NC(=O)C(N)Cc1ccccc1)C(=O)NC(CC(N)=O)C(=O)O. The highest BCUT2D eigenvalue weighted by Gasteiger charge is 2.33. The van der Waals surface area contributed by atoms with Gasteiger partial charge in [0.1, 0.15) is 18.1 Å². The van der Waals surface area contributed by atoms with Gasteiger partial charge in [-0.15, -0.1) is 0 Å². The molecule has 0 spiro atoms. The molecule has 0 saturated carbocycles.